The Morgan fingerprint density at radius 1 is 1.33 bits per heavy atom. The number of rotatable bonds is 4. The van der Waals surface area contributed by atoms with Crippen LogP contribution >= 0.6 is 0 Å². The highest BCUT2D eigenvalue weighted by Crippen LogP contribution is 2.07. The Balaban J connectivity index is 1.83. The molecule has 0 saturated heterocycles. The first kappa shape index (κ1) is 9.51. The molecular weight excluding hydrogens is 194 g/mol. The van der Waals surface area contributed by atoms with E-state index in [4.69, 9.17) is 10.5 Å². The van der Waals surface area contributed by atoms with Gasteiger partial charge in [-0.2, -0.15) is 0 Å². The Kier molecular flexibility index (Phi) is 2.82. The number of hydrogen-bond donors (Lipinski definition) is 1. The average Bonchev–Trinajstić information content (AvgIpc) is 2.66. The summed E-state index contributed by atoms with van der Waals surface area (Å²) in [6, 6.07) is 9.59. The number of para-hydroxylation sites is 1. The van der Waals surface area contributed by atoms with Crippen molar-refractivity contribution in [1.82, 2.24) is 5.27 Å². The molecule has 0 aliphatic rings. The lowest BCUT2D eigenvalue weighted by Gasteiger charge is -2.02. The predicted octanol–water partition coefficient (Wildman–Crippen LogP) is 0.623. The molecule has 0 fully saturated rings. The van der Waals surface area contributed by atoms with Crippen LogP contribution < -0.4 is 15.2 Å². The van der Waals surface area contributed by atoms with E-state index in [2.05, 4.69) is 9.79 Å². The van der Waals surface area contributed by atoms with Crippen molar-refractivity contribution in [2.45, 2.75) is 6.54 Å². The lowest BCUT2D eigenvalue weighted by atomic mass is 10.3. The lowest BCUT2D eigenvalue weighted by Crippen LogP contribution is -2.40. The third-order valence-electron chi connectivity index (χ3n) is 1.93. The third kappa shape index (κ3) is 2.46. The van der Waals surface area contributed by atoms with Gasteiger partial charge in [0, 0.05) is 0 Å². The summed E-state index contributed by atoms with van der Waals surface area (Å²) in [4.78, 5) is 0. The Labute approximate surface area is 87.0 Å². The number of nitrogens with two attached hydrogens (primary N) is 1. The summed E-state index contributed by atoms with van der Waals surface area (Å²) in [6.07, 6.45) is 1.39. The SMILES string of the molecule is Nc1con[n+]1CCOc1ccccc1. The Hall–Kier alpha value is -2.04. The normalized spacial score (nSPS) is 10.1. The molecule has 15 heavy (non-hydrogen) atoms. The molecule has 1 aromatic heterocycles. The molecule has 0 aliphatic carbocycles. The number of aromatic nitrogens is 2. The first-order valence-electron chi connectivity index (χ1n) is 4.64. The van der Waals surface area contributed by atoms with Crippen molar-refractivity contribution in [2.75, 3.05) is 12.3 Å². The summed E-state index contributed by atoms with van der Waals surface area (Å²) in [5, 5.41) is 3.68. The van der Waals surface area contributed by atoms with Crippen LogP contribution in [0.25, 0.3) is 0 Å². The summed E-state index contributed by atoms with van der Waals surface area (Å²) in [5.41, 5.74) is 5.57. The first-order valence-corrected chi connectivity index (χ1v) is 4.64. The highest BCUT2D eigenvalue weighted by Gasteiger charge is 2.08. The molecule has 0 unspecified atom stereocenters. The Bertz CT molecular complexity index is 414. The number of benzene rings is 1. The van der Waals surface area contributed by atoms with Crippen LogP contribution in [-0.4, -0.2) is 11.9 Å². The molecule has 1 heterocycles. The van der Waals surface area contributed by atoms with Crippen LogP contribution in [0.15, 0.2) is 41.1 Å². The van der Waals surface area contributed by atoms with E-state index in [0.29, 0.717) is 19.0 Å². The molecule has 1 aromatic carbocycles. The van der Waals surface area contributed by atoms with E-state index in [0.717, 1.165) is 5.75 Å². The summed E-state index contributed by atoms with van der Waals surface area (Å²) >= 11 is 0. The van der Waals surface area contributed by atoms with Crippen molar-refractivity contribution in [3.63, 3.8) is 0 Å². The van der Waals surface area contributed by atoms with E-state index in [-0.39, 0.29) is 0 Å². The smallest absolute Gasteiger partial charge is 0.334 e. The number of ether oxygens (including phenoxy) is 1. The van der Waals surface area contributed by atoms with E-state index in [1.807, 2.05) is 30.3 Å². The molecule has 0 atom stereocenters. The van der Waals surface area contributed by atoms with Gasteiger partial charge in [-0.25, -0.2) is 0 Å². The van der Waals surface area contributed by atoms with Crippen molar-refractivity contribution < 1.29 is 13.9 Å². The Morgan fingerprint density at radius 2 is 2.13 bits per heavy atom. The highest BCUT2D eigenvalue weighted by atomic mass is 16.5. The van der Waals surface area contributed by atoms with Crippen LogP contribution in [0.5, 0.6) is 5.75 Å². The molecule has 2 rings (SSSR count). The van der Waals surface area contributed by atoms with Crippen molar-refractivity contribution in [3.05, 3.63) is 36.6 Å². The molecule has 0 saturated carbocycles. The van der Waals surface area contributed by atoms with E-state index in [9.17, 15) is 0 Å². The van der Waals surface area contributed by atoms with Crippen molar-refractivity contribution >= 4 is 5.82 Å². The zero-order valence-corrected chi connectivity index (χ0v) is 8.17. The number of anilines is 1. The van der Waals surface area contributed by atoms with Gasteiger partial charge in [0.05, 0.1) is 0 Å². The number of hydrogen-bond acceptors (Lipinski definition) is 4. The van der Waals surface area contributed by atoms with Gasteiger partial charge in [0.25, 0.3) is 0 Å². The molecule has 0 radical (unpaired) electrons. The second kappa shape index (κ2) is 4.45. The van der Waals surface area contributed by atoms with Gasteiger partial charge in [-0.1, -0.05) is 22.9 Å². The van der Waals surface area contributed by atoms with Gasteiger partial charge in [-0.3, -0.25) is 5.73 Å². The second-order valence-corrected chi connectivity index (χ2v) is 3.01. The number of nitrogen functional groups attached to an aromatic ring is 1. The van der Waals surface area contributed by atoms with Crippen molar-refractivity contribution in [3.8, 4) is 5.75 Å². The fourth-order valence-electron chi connectivity index (χ4n) is 1.18. The molecule has 2 N–H and O–H groups in total. The third-order valence-corrected chi connectivity index (χ3v) is 1.93. The van der Waals surface area contributed by atoms with Crippen LogP contribution in [-0.2, 0) is 6.54 Å². The molecule has 78 valence electrons. The van der Waals surface area contributed by atoms with Gasteiger partial charge >= 0.3 is 5.82 Å². The number of nitrogens with zero attached hydrogens (tertiary/aromatic N) is 2. The first-order chi connectivity index (χ1) is 7.36. The van der Waals surface area contributed by atoms with Gasteiger partial charge in [-0.05, 0) is 12.1 Å². The fraction of sp³-hybridized carbons (Fsp3) is 0.200. The van der Waals surface area contributed by atoms with E-state index in [1.54, 1.807) is 4.68 Å². The predicted molar refractivity (Wildman–Crippen MR) is 53.0 cm³/mol. The van der Waals surface area contributed by atoms with E-state index >= 15 is 0 Å². The van der Waals surface area contributed by atoms with Gasteiger partial charge in [0.2, 0.25) is 6.26 Å². The van der Waals surface area contributed by atoms with Crippen molar-refractivity contribution in [2.24, 2.45) is 0 Å². The fourth-order valence-corrected chi connectivity index (χ4v) is 1.18. The average molecular weight is 206 g/mol. The molecular formula is C10H12N3O2+. The summed E-state index contributed by atoms with van der Waals surface area (Å²) in [6.45, 7) is 1.07. The topological polar surface area (TPSA) is 65.2 Å². The largest absolute Gasteiger partial charge is 0.489 e. The lowest BCUT2D eigenvalue weighted by molar-refractivity contribution is -0.750. The van der Waals surface area contributed by atoms with Gasteiger partial charge < -0.3 is 9.26 Å². The molecule has 2 aromatic rings. The summed E-state index contributed by atoms with van der Waals surface area (Å²) in [7, 11) is 0. The molecule has 5 heteroatoms. The zero-order valence-electron chi connectivity index (χ0n) is 8.17. The van der Waals surface area contributed by atoms with Gasteiger partial charge in [-0.15, -0.1) is 0 Å². The van der Waals surface area contributed by atoms with Crippen molar-refractivity contribution in [1.29, 1.82) is 0 Å². The van der Waals surface area contributed by atoms with Crippen LogP contribution in [0.2, 0.25) is 0 Å². The van der Waals surface area contributed by atoms with E-state index in [1.165, 1.54) is 6.26 Å². The zero-order chi connectivity index (χ0) is 10.5. The van der Waals surface area contributed by atoms with Crippen LogP contribution in [0, 0.1) is 0 Å². The Morgan fingerprint density at radius 3 is 2.80 bits per heavy atom. The van der Waals surface area contributed by atoms with Gasteiger partial charge in [0.15, 0.2) is 6.54 Å². The standard InChI is InChI=1S/C10H12N3O2/c11-10-8-15-12-13(10)6-7-14-9-4-2-1-3-5-9/h1-5,8H,6-7,11H2/q+1. The second-order valence-electron chi connectivity index (χ2n) is 3.01. The van der Waals surface area contributed by atoms with Crippen LogP contribution in [0.3, 0.4) is 0 Å². The minimum absolute atomic E-state index is 0.492. The minimum Gasteiger partial charge on any atom is -0.489 e. The highest BCUT2D eigenvalue weighted by molar-refractivity contribution is 5.20. The maximum absolute atomic E-state index is 5.57. The maximum Gasteiger partial charge on any atom is 0.334 e. The van der Waals surface area contributed by atoms with Crippen LogP contribution in [0.1, 0.15) is 0 Å². The summed E-state index contributed by atoms with van der Waals surface area (Å²) in [5.74, 6) is 1.33. The summed E-state index contributed by atoms with van der Waals surface area (Å²) < 4.78 is 11.7. The minimum atomic E-state index is 0.492. The molecule has 0 spiro atoms. The monoisotopic (exact) mass is 206 g/mol. The maximum atomic E-state index is 5.57. The molecule has 0 amide bonds. The molecule has 5 nitrogen and oxygen atoms in total. The molecule has 0 bridgehead atoms. The van der Waals surface area contributed by atoms with Gasteiger partial charge in [0.1, 0.15) is 17.6 Å². The van der Waals surface area contributed by atoms with Crippen LogP contribution in [0.4, 0.5) is 5.82 Å². The molecule has 0 aliphatic heterocycles. The quantitative estimate of drug-likeness (QED) is 0.745. The van der Waals surface area contributed by atoms with E-state index < -0.39 is 0 Å².